The van der Waals surface area contributed by atoms with Gasteiger partial charge in [-0.2, -0.15) is 0 Å². The second-order valence-corrected chi connectivity index (χ2v) is 5.72. The van der Waals surface area contributed by atoms with E-state index in [2.05, 4.69) is 20.9 Å². The maximum absolute atomic E-state index is 5.92. The standard InChI is InChI=1S/C13H11BrCl2N2O/c1-18(2)13-10(14)6-9(19-13)7-17-8-3-4-11(15)12(16)5-8/h3-7H,1-2H3. The average molecular weight is 362 g/mol. The van der Waals surface area contributed by atoms with Crippen molar-refractivity contribution >= 4 is 56.9 Å². The van der Waals surface area contributed by atoms with Gasteiger partial charge in [-0.3, -0.25) is 4.99 Å². The first-order chi connectivity index (χ1) is 8.97. The van der Waals surface area contributed by atoms with Crippen LogP contribution in [-0.2, 0) is 0 Å². The Morgan fingerprint density at radius 2 is 1.95 bits per heavy atom. The van der Waals surface area contributed by atoms with Crippen LogP contribution >= 0.6 is 39.1 Å². The second kappa shape index (κ2) is 5.99. The molecule has 0 unspecified atom stereocenters. The number of rotatable bonds is 3. The van der Waals surface area contributed by atoms with Gasteiger partial charge in [0.2, 0.25) is 5.88 Å². The Labute approximate surface area is 130 Å². The summed E-state index contributed by atoms with van der Waals surface area (Å²) in [5, 5.41) is 0.988. The van der Waals surface area contributed by atoms with E-state index in [-0.39, 0.29) is 0 Å². The van der Waals surface area contributed by atoms with E-state index in [4.69, 9.17) is 27.6 Å². The molecule has 1 aromatic heterocycles. The van der Waals surface area contributed by atoms with Crippen molar-refractivity contribution in [2.45, 2.75) is 0 Å². The van der Waals surface area contributed by atoms with Crippen molar-refractivity contribution in [3.63, 3.8) is 0 Å². The lowest BCUT2D eigenvalue weighted by molar-refractivity contribution is 0.557. The van der Waals surface area contributed by atoms with Crippen LogP contribution in [0.1, 0.15) is 5.76 Å². The number of anilines is 1. The van der Waals surface area contributed by atoms with Gasteiger partial charge >= 0.3 is 0 Å². The zero-order valence-corrected chi connectivity index (χ0v) is 13.4. The molecule has 19 heavy (non-hydrogen) atoms. The molecule has 100 valence electrons. The molecular weight excluding hydrogens is 351 g/mol. The van der Waals surface area contributed by atoms with Crippen molar-refractivity contribution in [2.75, 3.05) is 19.0 Å². The van der Waals surface area contributed by atoms with Crippen LogP contribution in [0.3, 0.4) is 0 Å². The molecule has 0 fully saturated rings. The molecule has 0 radical (unpaired) electrons. The summed E-state index contributed by atoms with van der Waals surface area (Å²) >= 11 is 15.2. The maximum Gasteiger partial charge on any atom is 0.210 e. The molecule has 0 amide bonds. The van der Waals surface area contributed by atoms with Crippen LogP contribution < -0.4 is 4.90 Å². The first kappa shape index (κ1) is 14.4. The van der Waals surface area contributed by atoms with Crippen LogP contribution in [0.2, 0.25) is 10.0 Å². The summed E-state index contributed by atoms with van der Waals surface area (Å²) in [6.07, 6.45) is 1.64. The number of hydrogen-bond donors (Lipinski definition) is 0. The summed E-state index contributed by atoms with van der Waals surface area (Å²) in [5.41, 5.74) is 0.716. The molecule has 2 aromatic rings. The normalized spacial score (nSPS) is 11.2. The van der Waals surface area contributed by atoms with Crippen molar-refractivity contribution in [1.29, 1.82) is 0 Å². The van der Waals surface area contributed by atoms with Gasteiger partial charge in [-0.25, -0.2) is 0 Å². The molecule has 3 nitrogen and oxygen atoms in total. The molecule has 0 saturated carbocycles. The molecule has 0 aliphatic heterocycles. The predicted octanol–water partition coefficient (Wildman–Crippen LogP) is 5.17. The van der Waals surface area contributed by atoms with Gasteiger partial charge in [0, 0.05) is 20.2 Å². The molecule has 0 N–H and O–H groups in total. The SMILES string of the molecule is CN(C)c1oc(C=Nc2ccc(Cl)c(Cl)c2)cc1Br. The molecular formula is C13H11BrCl2N2O. The summed E-state index contributed by atoms with van der Waals surface area (Å²) in [5.74, 6) is 1.40. The summed E-state index contributed by atoms with van der Waals surface area (Å²) in [6.45, 7) is 0. The third kappa shape index (κ3) is 3.53. The number of hydrogen-bond acceptors (Lipinski definition) is 3. The molecule has 0 bridgehead atoms. The lowest BCUT2D eigenvalue weighted by Crippen LogP contribution is -2.07. The van der Waals surface area contributed by atoms with E-state index in [0.717, 1.165) is 10.4 Å². The fourth-order valence-corrected chi connectivity index (χ4v) is 2.40. The summed E-state index contributed by atoms with van der Waals surface area (Å²) in [6, 6.07) is 7.05. The van der Waals surface area contributed by atoms with Gasteiger partial charge in [-0.15, -0.1) is 0 Å². The number of nitrogens with zero attached hydrogens (tertiary/aromatic N) is 2. The zero-order chi connectivity index (χ0) is 14.0. The molecule has 0 aliphatic rings. The van der Waals surface area contributed by atoms with Gasteiger partial charge in [0.25, 0.3) is 0 Å². The Bertz CT molecular complexity index is 623. The molecule has 0 atom stereocenters. The molecule has 1 heterocycles. The highest BCUT2D eigenvalue weighted by atomic mass is 79.9. The Hall–Kier alpha value is -0.970. The molecule has 2 rings (SSSR count). The fourth-order valence-electron chi connectivity index (χ4n) is 1.45. The van der Waals surface area contributed by atoms with Crippen molar-refractivity contribution in [1.82, 2.24) is 0 Å². The fraction of sp³-hybridized carbons (Fsp3) is 0.154. The van der Waals surface area contributed by atoms with E-state index in [9.17, 15) is 0 Å². The monoisotopic (exact) mass is 360 g/mol. The Kier molecular flexibility index (Phi) is 4.55. The van der Waals surface area contributed by atoms with Crippen LogP contribution in [0.4, 0.5) is 11.6 Å². The molecule has 6 heteroatoms. The van der Waals surface area contributed by atoms with Gasteiger partial charge in [0.05, 0.1) is 26.4 Å². The van der Waals surface area contributed by atoms with E-state index in [0.29, 0.717) is 21.5 Å². The van der Waals surface area contributed by atoms with Crippen molar-refractivity contribution in [2.24, 2.45) is 4.99 Å². The molecule has 0 aliphatic carbocycles. The van der Waals surface area contributed by atoms with E-state index >= 15 is 0 Å². The van der Waals surface area contributed by atoms with Gasteiger partial charge in [-0.05, 0) is 34.1 Å². The van der Waals surface area contributed by atoms with E-state index in [1.54, 1.807) is 24.4 Å². The maximum atomic E-state index is 5.92. The van der Waals surface area contributed by atoms with Gasteiger partial charge in [0.1, 0.15) is 5.76 Å². The number of halogens is 3. The van der Waals surface area contributed by atoms with Crippen molar-refractivity contribution < 1.29 is 4.42 Å². The predicted molar refractivity (Wildman–Crippen MR) is 84.5 cm³/mol. The van der Waals surface area contributed by atoms with E-state index < -0.39 is 0 Å². The summed E-state index contributed by atoms with van der Waals surface area (Å²) in [4.78, 5) is 6.17. The van der Waals surface area contributed by atoms with Gasteiger partial charge < -0.3 is 9.32 Å². The summed E-state index contributed by atoms with van der Waals surface area (Å²) < 4.78 is 6.50. The van der Waals surface area contributed by atoms with Crippen molar-refractivity contribution in [3.05, 3.63) is 44.5 Å². The smallest absolute Gasteiger partial charge is 0.210 e. The largest absolute Gasteiger partial charge is 0.438 e. The highest BCUT2D eigenvalue weighted by molar-refractivity contribution is 9.10. The highest BCUT2D eigenvalue weighted by Gasteiger charge is 2.09. The quantitative estimate of drug-likeness (QED) is 0.706. The van der Waals surface area contributed by atoms with Crippen LogP contribution in [0.25, 0.3) is 0 Å². The van der Waals surface area contributed by atoms with E-state index in [1.807, 2.05) is 25.1 Å². The van der Waals surface area contributed by atoms with E-state index in [1.165, 1.54) is 0 Å². The van der Waals surface area contributed by atoms with Crippen LogP contribution in [0.15, 0.2) is 38.1 Å². The Morgan fingerprint density at radius 3 is 2.53 bits per heavy atom. The number of furan rings is 1. The highest BCUT2D eigenvalue weighted by Crippen LogP contribution is 2.29. The molecule has 0 spiro atoms. The average Bonchev–Trinajstić information content (AvgIpc) is 2.72. The van der Waals surface area contributed by atoms with Gasteiger partial charge in [-0.1, -0.05) is 23.2 Å². The topological polar surface area (TPSA) is 28.7 Å². The molecule has 0 saturated heterocycles. The zero-order valence-electron chi connectivity index (χ0n) is 10.3. The molecule has 1 aromatic carbocycles. The van der Waals surface area contributed by atoms with Gasteiger partial charge in [0.15, 0.2) is 0 Å². The van der Waals surface area contributed by atoms with Crippen LogP contribution in [0.5, 0.6) is 0 Å². The minimum Gasteiger partial charge on any atom is -0.438 e. The van der Waals surface area contributed by atoms with Crippen molar-refractivity contribution in [3.8, 4) is 0 Å². The summed E-state index contributed by atoms with van der Waals surface area (Å²) in [7, 11) is 3.81. The lowest BCUT2D eigenvalue weighted by Gasteiger charge is -2.07. The second-order valence-electron chi connectivity index (χ2n) is 4.05. The minimum atomic E-state index is 0.478. The first-order valence-electron chi connectivity index (χ1n) is 5.43. The Balaban J connectivity index is 2.22. The number of benzene rings is 1. The third-order valence-electron chi connectivity index (χ3n) is 2.34. The van der Waals surface area contributed by atoms with Crippen LogP contribution in [-0.4, -0.2) is 20.3 Å². The minimum absolute atomic E-state index is 0.478. The Morgan fingerprint density at radius 1 is 1.21 bits per heavy atom. The lowest BCUT2D eigenvalue weighted by atomic mass is 10.3. The first-order valence-corrected chi connectivity index (χ1v) is 6.98. The number of aliphatic imine (C=N–C) groups is 1. The third-order valence-corrected chi connectivity index (χ3v) is 3.65. The van der Waals surface area contributed by atoms with Crippen LogP contribution in [0, 0.1) is 0 Å².